The minimum Gasteiger partial charge on any atom is -0.491 e. The summed E-state index contributed by atoms with van der Waals surface area (Å²) in [5.74, 6) is 1.70. The van der Waals surface area contributed by atoms with Gasteiger partial charge in [-0.2, -0.15) is 0 Å². The van der Waals surface area contributed by atoms with Crippen LogP contribution in [0.25, 0.3) is 6.08 Å². The van der Waals surface area contributed by atoms with Crippen molar-refractivity contribution in [3.8, 4) is 11.5 Å². The lowest BCUT2D eigenvalue weighted by Crippen LogP contribution is -2.18. The Bertz CT molecular complexity index is 568. The highest BCUT2D eigenvalue weighted by atomic mass is 16.5. The normalized spacial score (nSPS) is 17.4. The lowest BCUT2D eigenvalue weighted by Gasteiger charge is -2.16. The minimum absolute atomic E-state index is 0.0187. The summed E-state index contributed by atoms with van der Waals surface area (Å²) in [6.45, 7) is 9.63. The van der Waals surface area contributed by atoms with E-state index in [1.54, 1.807) is 19.3 Å². The van der Waals surface area contributed by atoms with Crippen LogP contribution in [0.15, 0.2) is 12.6 Å². The van der Waals surface area contributed by atoms with Crippen molar-refractivity contribution < 1.29 is 19.0 Å². The molecule has 0 amide bonds. The van der Waals surface area contributed by atoms with Crippen LogP contribution in [0.5, 0.6) is 11.5 Å². The Morgan fingerprint density at radius 2 is 2.26 bits per heavy atom. The first-order valence-corrected chi connectivity index (χ1v) is 8.02. The van der Waals surface area contributed by atoms with Gasteiger partial charge in [0, 0.05) is 38.5 Å². The average Bonchev–Trinajstić information content (AvgIpc) is 2.70. The fourth-order valence-corrected chi connectivity index (χ4v) is 2.47. The number of ketones is 1. The molecule has 1 unspecified atom stereocenters. The number of hydrogen-bond acceptors (Lipinski definition) is 5. The Labute approximate surface area is 137 Å². The van der Waals surface area contributed by atoms with Gasteiger partial charge in [0.05, 0.1) is 13.2 Å². The van der Waals surface area contributed by atoms with E-state index in [0.29, 0.717) is 55.0 Å². The minimum atomic E-state index is 0.0187. The number of rotatable bonds is 7. The zero-order valence-corrected chi connectivity index (χ0v) is 14.1. The van der Waals surface area contributed by atoms with Crippen molar-refractivity contribution in [1.29, 1.82) is 0 Å². The number of aromatic nitrogens is 1. The molecule has 0 aliphatic carbocycles. The number of Topliss-reactive ketones (excluding diaryl/α,β-unsaturated/α-hetero) is 1. The Morgan fingerprint density at radius 3 is 2.91 bits per heavy atom. The molecule has 1 aliphatic heterocycles. The zero-order chi connectivity index (χ0) is 16.8. The topological polar surface area (TPSA) is 57.6 Å². The highest BCUT2D eigenvalue weighted by Gasteiger charge is 2.28. The van der Waals surface area contributed by atoms with E-state index in [9.17, 15) is 4.79 Å². The van der Waals surface area contributed by atoms with Crippen molar-refractivity contribution in [3.63, 3.8) is 0 Å². The molecular weight excluding hydrogens is 294 g/mol. The van der Waals surface area contributed by atoms with Crippen LogP contribution in [0.3, 0.4) is 0 Å². The van der Waals surface area contributed by atoms with Gasteiger partial charge in [0.1, 0.15) is 17.1 Å². The average molecular weight is 319 g/mol. The zero-order valence-electron chi connectivity index (χ0n) is 14.1. The van der Waals surface area contributed by atoms with Gasteiger partial charge in [-0.05, 0) is 12.0 Å². The maximum absolute atomic E-state index is 12.5. The molecule has 0 saturated carbocycles. The monoisotopic (exact) mass is 319 g/mol. The molecule has 0 saturated heterocycles. The third-order valence-electron chi connectivity index (χ3n) is 4.03. The molecule has 1 aliphatic rings. The highest BCUT2D eigenvalue weighted by molar-refractivity contribution is 5.97. The summed E-state index contributed by atoms with van der Waals surface area (Å²) in [4.78, 5) is 16.9. The lowest BCUT2D eigenvalue weighted by molar-refractivity contribution is 0.0941. The van der Waals surface area contributed by atoms with Crippen molar-refractivity contribution in [2.75, 3.05) is 26.9 Å². The third-order valence-corrected chi connectivity index (χ3v) is 4.03. The van der Waals surface area contributed by atoms with E-state index in [1.165, 1.54) is 0 Å². The quantitative estimate of drug-likeness (QED) is 0.721. The Morgan fingerprint density at radius 1 is 1.48 bits per heavy atom. The molecule has 0 radical (unpaired) electrons. The number of carbonyl (C=O) groups excluding carboxylic acids is 1. The van der Waals surface area contributed by atoms with Crippen molar-refractivity contribution >= 4 is 11.9 Å². The molecule has 5 nitrogen and oxygen atoms in total. The molecular formula is C18H25NO4. The molecule has 1 aromatic heterocycles. The van der Waals surface area contributed by atoms with Gasteiger partial charge in [-0.25, -0.2) is 4.98 Å². The number of fused-ring (bicyclic) bond motifs is 1. The second-order valence-corrected chi connectivity index (χ2v) is 6.06. The summed E-state index contributed by atoms with van der Waals surface area (Å²) in [6, 6.07) is 1.76. The summed E-state index contributed by atoms with van der Waals surface area (Å²) < 4.78 is 16.6. The smallest absolute Gasteiger partial charge is 0.185 e. The second kappa shape index (κ2) is 8.11. The molecule has 0 fully saturated rings. The van der Waals surface area contributed by atoms with Crippen molar-refractivity contribution in [2.45, 2.75) is 26.7 Å². The SMILES string of the molecule is C=Cc1nc2c(cc1OCCCOC)OCC(C(C)C)CC2=O. The first-order chi connectivity index (χ1) is 11.1. The summed E-state index contributed by atoms with van der Waals surface area (Å²) in [7, 11) is 1.66. The number of methoxy groups -OCH3 is 1. The molecule has 5 heteroatoms. The molecule has 0 bridgehead atoms. The van der Waals surface area contributed by atoms with Gasteiger partial charge in [-0.1, -0.05) is 20.4 Å². The first kappa shape index (κ1) is 17.5. The number of pyridine rings is 1. The van der Waals surface area contributed by atoms with Gasteiger partial charge in [0.25, 0.3) is 0 Å². The van der Waals surface area contributed by atoms with Gasteiger partial charge in [-0.15, -0.1) is 0 Å². The van der Waals surface area contributed by atoms with Gasteiger partial charge >= 0.3 is 0 Å². The van der Waals surface area contributed by atoms with E-state index in [2.05, 4.69) is 25.4 Å². The van der Waals surface area contributed by atoms with Crippen LogP contribution >= 0.6 is 0 Å². The predicted molar refractivity (Wildman–Crippen MR) is 89.1 cm³/mol. The van der Waals surface area contributed by atoms with Crippen LogP contribution in [0.1, 0.15) is 42.9 Å². The van der Waals surface area contributed by atoms with Crippen molar-refractivity contribution in [2.24, 2.45) is 11.8 Å². The summed E-state index contributed by atoms with van der Waals surface area (Å²) in [6.07, 6.45) is 2.84. The summed E-state index contributed by atoms with van der Waals surface area (Å²) in [5, 5.41) is 0. The Kier molecular flexibility index (Phi) is 6.16. The standard InChI is InChI=1S/C18H25NO4/c1-5-14-16(22-8-6-7-21-4)10-17-18(19-14)15(20)9-13(11-23-17)12(2)3/h5,10,12-13H,1,6-9,11H2,2-4H3. The van der Waals surface area contributed by atoms with E-state index in [0.717, 1.165) is 6.42 Å². The number of hydrogen-bond donors (Lipinski definition) is 0. The van der Waals surface area contributed by atoms with Gasteiger partial charge in [-0.3, -0.25) is 4.79 Å². The van der Waals surface area contributed by atoms with E-state index in [-0.39, 0.29) is 11.7 Å². The molecule has 23 heavy (non-hydrogen) atoms. The molecule has 2 rings (SSSR count). The van der Waals surface area contributed by atoms with Crippen LogP contribution in [0.2, 0.25) is 0 Å². The predicted octanol–water partition coefficient (Wildman–Crippen LogP) is 3.38. The largest absolute Gasteiger partial charge is 0.491 e. The second-order valence-electron chi connectivity index (χ2n) is 6.06. The van der Waals surface area contributed by atoms with Gasteiger partial charge in [0.2, 0.25) is 0 Å². The van der Waals surface area contributed by atoms with Crippen molar-refractivity contribution in [3.05, 3.63) is 24.0 Å². The maximum atomic E-state index is 12.5. The van der Waals surface area contributed by atoms with Gasteiger partial charge < -0.3 is 14.2 Å². The van der Waals surface area contributed by atoms with E-state index < -0.39 is 0 Å². The van der Waals surface area contributed by atoms with Crippen LogP contribution in [-0.2, 0) is 4.74 Å². The molecule has 1 aromatic rings. The van der Waals surface area contributed by atoms with Crippen LogP contribution in [0.4, 0.5) is 0 Å². The highest BCUT2D eigenvalue weighted by Crippen LogP contribution is 2.33. The fourth-order valence-electron chi connectivity index (χ4n) is 2.47. The molecule has 126 valence electrons. The molecule has 0 spiro atoms. The van der Waals surface area contributed by atoms with Gasteiger partial charge in [0.15, 0.2) is 11.5 Å². The van der Waals surface area contributed by atoms with E-state index in [4.69, 9.17) is 14.2 Å². The number of carbonyl (C=O) groups is 1. The molecule has 1 atom stereocenters. The van der Waals surface area contributed by atoms with Crippen molar-refractivity contribution in [1.82, 2.24) is 4.98 Å². The van der Waals surface area contributed by atoms with E-state index in [1.807, 2.05) is 0 Å². The fraction of sp³-hybridized carbons (Fsp3) is 0.556. The molecule has 2 heterocycles. The first-order valence-electron chi connectivity index (χ1n) is 8.02. The van der Waals surface area contributed by atoms with Crippen LogP contribution < -0.4 is 9.47 Å². The molecule has 0 N–H and O–H groups in total. The van der Waals surface area contributed by atoms with E-state index >= 15 is 0 Å². The maximum Gasteiger partial charge on any atom is 0.185 e. The third kappa shape index (κ3) is 4.32. The number of ether oxygens (including phenoxy) is 3. The lowest BCUT2D eigenvalue weighted by atomic mass is 9.91. The van der Waals surface area contributed by atoms with Crippen LogP contribution in [0, 0.1) is 11.8 Å². The Balaban J connectivity index is 2.22. The van der Waals surface area contributed by atoms with Crippen LogP contribution in [-0.4, -0.2) is 37.7 Å². The molecule has 0 aromatic carbocycles. The number of nitrogens with zero attached hydrogens (tertiary/aromatic N) is 1. The summed E-state index contributed by atoms with van der Waals surface area (Å²) in [5.41, 5.74) is 0.952. The Hall–Kier alpha value is -1.88. The summed E-state index contributed by atoms with van der Waals surface area (Å²) >= 11 is 0.